The molecule has 2 rings (SSSR count). The number of rotatable bonds is 7. The molecule has 4 heteroatoms. The summed E-state index contributed by atoms with van der Waals surface area (Å²) in [5, 5.41) is 4.21. The number of nitrogens with one attached hydrogen (secondary N) is 1. The average molecular weight is 287 g/mol. The van der Waals surface area contributed by atoms with Crippen LogP contribution in [-0.2, 0) is 0 Å². The molecule has 1 aromatic carbocycles. The van der Waals surface area contributed by atoms with Crippen LogP contribution in [0.4, 0.5) is 5.95 Å². The Kier molecular flexibility index (Phi) is 5.37. The van der Waals surface area contributed by atoms with Crippen LogP contribution < -0.4 is 10.1 Å². The van der Waals surface area contributed by atoms with Crippen molar-refractivity contribution in [3.05, 3.63) is 24.3 Å². The lowest BCUT2D eigenvalue weighted by molar-refractivity contribution is 0.188. The normalized spacial score (nSPS) is 12.6. The van der Waals surface area contributed by atoms with Gasteiger partial charge in [-0.2, -0.15) is 4.98 Å². The van der Waals surface area contributed by atoms with E-state index in [0.717, 1.165) is 30.3 Å². The maximum Gasteiger partial charge on any atom is 0.226 e. The number of nitrogens with zero attached hydrogens (tertiary/aromatic N) is 2. The lowest BCUT2D eigenvalue weighted by Crippen LogP contribution is -2.16. The van der Waals surface area contributed by atoms with E-state index in [4.69, 9.17) is 4.74 Å². The first-order valence-corrected chi connectivity index (χ1v) is 7.77. The molecule has 114 valence electrons. The average Bonchev–Trinajstić information content (AvgIpc) is 2.44. The molecule has 4 nitrogen and oxygen atoms in total. The highest BCUT2D eigenvalue weighted by Crippen LogP contribution is 2.25. The number of aromatic nitrogens is 2. The molecular formula is C17H25N3O. The predicted molar refractivity (Wildman–Crippen MR) is 87.9 cm³/mol. The van der Waals surface area contributed by atoms with Gasteiger partial charge >= 0.3 is 0 Å². The summed E-state index contributed by atoms with van der Waals surface area (Å²) in [5.41, 5.74) is 0.915. The van der Waals surface area contributed by atoms with Gasteiger partial charge in [0, 0.05) is 6.54 Å². The summed E-state index contributed by atoms with van der Waals surface area (Å²) in [4.78, 5) is 9.08. The summed E-state index contributed by atoms with van der Waals surface area (Å²) in [6, 6.07) is 7.98. The van der Waals surface area contributed by atoms with E-state index in [1.165, 1.54) is 0 Å². The van der Waals surface area contributed by atoms with E-state index in [-0.39, 0.29) is 6.10 Å². The molecule has 0 saturated heterocycles. The van der Waals surface area contributed by atoms with Crippen LogP contribution in [0.5, 0.6) is 5.88 Å². The summed E-state index contributed by atoms with van der Waals surface area (Å²) in [6.45, 7) is 9.48. The van der Waals surface area contributed by atoms with Gasteiger partial charge in [-0.3, -0.25) is 0 Å². The van der Waals surface area contributed by atoms with Crippen molar-refractivity contribution < 1.29 is 4.74 Å². The van der Waals surface area contributed by atoms with E-state index in [9.17, 15) is 0 Å². The number of para-hydroxylation sites is 1. The van der Waals surface area contributed by atoms with Gasteiger partial charge in [0.2, 0.25) is 11.8 Å². The first kappa shape index (κ1) is 15.5. The van der Waals surface area contributed by atoms with Crippen molar-refractivity contribution in [1.82, 2.24) is 9.97 Å². The molecule has 0 fully saturated rings. The standard InChI is InChI=1S/C17H25N3O/c1-5-10-18-17-19-15-9-7-6-8-14(15)16(20-17)21-13(4)11-12(2)3/h6-9,12-13H,5,10-11H2,1-4H3,(H,18,19,20). The molecule has 1 N–H and O–H groups in total. The van der Waals surface area contributed by atoms with E-state index in [0.29, 0.717) is 17.7 Å². The Morgan fingerprint density at radius 1 is 1.14 bits per heavy atom. The van der Waals surface area contributed by atoms with Gasteiger partial charge in [-0.25, -0.2) is 4.98 Å². The smallest absolute Gasteiger partial charge is 0.226 e. The molecule has 1 heterocycles. The molecule has 1 unspecified atom stereocenters. The second kappa shape index (κ2) is 7.25. The van der Waals surface area contributed by atoms with Crippen LogP contribution in [0.15, 0.2) is 24.3 Å². The van der Waals surface area contributed by atoms with E-state index >= 15 is 0 Å². The maximum absolute atomic E-state index is 6.07. The van der Waals surface area contributed by atoms with Crippen molar-refractivity contribution in [1.29, 1.82) is 0 Å². The molecule has 0 aliphatic heterocycles. The minimum absolute atomic E-state index is 0.141. The first-order chi connectivity index (χ1) is 10.1. The Balaban J connectivity index is 2.30. The van der Waals surface area contributed by atoms with Gasteiger partial charge in [-0.15, -0.1) is 0 Å². The zero-order valence-corrected chi connectivity index (χ0v) is 13.4. The predicted octanol–water partition coefficient (Wildman–Crippen LogP) is 4.27. The maximum atomic E-state index is 6.07. The minimum atomic E-state index is 0.141. The molecule has 2 aromatic rings. The third-order valence-corrected chi connectivity index (χ3v) is 3.22. The number of benzene rings is 1. The summed E-state index contributed by atoms with van der Waals surface area (Å²) in [5.74, 6) is 1.92. The minimum Gasteiger partial charge on any atom is -0.474 e. The fourth-order valence-electron chi connectivity index (χ4n) is 2.36. The van der Waals surface area contributed by atoms with Gasteiger partial charge in [-0.1, -0.05) is 32.9 Å². The molecule has 0 aliphatic carbocycles. The van der Waals surface area contributed by atoms with E-state index in [1.807, 2.05) is 24.3 Å². The number of fused-ring (bicyclic) bond motifs is 1. The number of hydrogen-bond donors (Lipinski definition) is 1. The molecular weight excluding hydrogens is 262 g/mol. The van der Waals surface area contributed by atoms with Crippen molar-refractivity contribution in [2.24, 2.45) is 5.92 Å². The summed E-state index contributed by atoms with van der Waals surface area (Å²) >= 11 is 0. The SMILES string of the molecule is CCCNc1nc(OC(C)CC(C)C)c2ccccc2n1. The second-order valence-corrected chi connectivity index (χ2v) is 5.85. The van der Waals surface area contributed by atoms with Crippen LogP contribution in [0.1, 0.15) is 40.5 Å². The first-order valence-electron chi connectivity index (χ1n) is 7.77. The second-order valence-electron chi connectivity index (χ2n) is 5.85. The fraction of sp³-hybridized carbons (Fsp3) is 0.529. The quantitative estimate of drug-likeness (QED) is 0.826. The Morgan fingerprint density at radius 3 is 2.62 bits per heavy atom. The molecule has 21 heavy (non-hydrogen) atoms. The fourth-order valence-corrected chi connectivity index (χ4v) is 2.36. The number of hydrogen-bond acceptors (Lipinski definition) is 4. The molecule has 0 radical (unpaired) electrons. The Labute approximate surface area is 127 Å². The van der Waals surface area contributed by atoms with Gasteiger partial charge in [-0.05, 0) is 37.8 Å². The zero-order chi connectivity index (χ0) is 15.2. The van der Waals surface area contributed by atoms with E-state index < -0.39 is 0 Å². The lowest BCUT2D eigenvalue weighted by atomic mass is 10.1. The molecule has 0 spiro atoms. The van der Waals surface area contributed by atoms with Crippen LogP contribution in [-0.4, -0.2) is 22.6 Å². The summed E-state index contributed by atoms with van der Waals surface area (Å²) < 4.78 is 6.07. The van der Waals surface area contributed by atoms with Gasteiger partial charge in [0.15, 0.2) is 0 Å². The molecule has 0 aliphatic rings. The van der Waals surface area contributed by atoms with Gasteiger partial charge < -0.3 is 10.1 Å². The summed E-state index contributed by atoms with van der Waals surface area (Å²) in [6.07, 6.45) is 2.19. The number of ether oxygens (including phenoxy) is 1. The molecule has 0 saturated carbocycles. The van der Waals surface area contributed by atoms with Crippen LogP contribution >= 0.6 is 0 Å². The van der Waals surface area contributed by atoms with Crippen molar-refractivity contribution in [3.8, 4) is 5.88 Å². The van der Waals surface area contributed by atoms with E-state index in [1.54, 1.807) is 0 Å². The highest BCUT2D eigenvalue weighted by Gasteiger charge is 2.13. The van der Waals surface area contributed by atoms with Crippen LogP contribution in [0.3, 0.4) is 0 Å². The largest absolute Gasteiger partial charge is 0.474 e. The van der Waals surface area contributed by atoms with Crippen LogP contribution in [0, 0.1) is 5.92 Å². The van der Waals surface area contributed by atoms with Crippen molar-refractivity contribution in [2.45, 2.75) is 46.6 Å². The molecule has 0 bridgehead atoms. The van der Waals surface area contributed by atoms with Gasteiger partial charge in [0.05, 0.1) is 17.0 Å². The van der Waals surface area contributed by atoms with Crippen molar-refractivity contribution in [2.75, 3.05) is 11.9 Å². The molecule has 1 atom stereocenters. The zero-order valence-electron chi connectivity index (χ0n) is 13.4. The molecule has 1 aromatic heterocycles. The Hall–Kier alpha value is -1.84. The topological polar surface area (TPSA) is 47.0 Å². The third-order valence-electron chi connectivity index (χ3n) is 3.22. The monoisotopic (exact) mass is 287 g/mol. The highest BCUT2D eigenvalue weighted by molar-refractivity contribution is 5.84. The Bertz CT molecular complexity index is 583. The van der Waals surface area contributed by atoms with E-state index in [2.05, 4.69) is 43.0 Å². The molecule has 0 amide bonds. The van der Waals surface area contributed by atoms with Gasteiger partial charge in [0.25, 0.3) is 0 Å². The van der Waals surface area contributed by atoms with Crippen LogP contribution in [0.2, 0.25) is 0 Å². The lowest BCUT2D eigenvalue weighted by Gasteiger charge is -2.17. The van der Waals surface area contributed by atoms with Crippen molar-refractivity contribution >= 4 is 16.9 Å². The summed E-state index contributed by atoms with van der Waals surface area (Å²) in [7, 11) is 0. The third kappa shape index (κ3) is 4.31. The van der Waals surface area contributed by atoms with Crippen LogP contribution in [0.25, 0.3) is 10.9 Å². The highest BCUT2D eigenvalue weighted by atomic mass is 16.5. The van der Waals surface area contributed by atoms with Crippen molar-refractivity contribution in [3.63, 3.8) is 0 Å². The van der Waals surface area contributed by atoms with Gasteiger partial charge in [0.1, 0.15) is 0 Å². The Morgan fingerprint density at radius 2 is 1.90 bits per heavy atom. The number of anilines is 1.